The second-order valence-corrected chi connectivity index (χ2v) is 6.27. The molecular weight excluding hydrogens is 359 g/mol. The summed E-state index contributed by atoms with van der Waals surface area (Å²) in [5.41, 5.74) is 6.47. The van der Waals surface area contributed by atoms with Gasteiger partial charge < -0.3 is 10.7 Å². The van der Waals surface area contributed by atoms with Crippen molar-refractivity contribution in [3.05, 3.63) is 54.6 Å². The van der Waals surface area contributed by atoms with Gasteiger partial charge >= 0.3 is 0 Å². The molecule has 1 aliphatic rings. The minimum atomic E-state index is -0.304. The highest BCUT2D eigenvalue weighted by molar-refractivity contribution is 5.92. The van der Waals surface area contributed by atoms with E-state index in [1.165, 1.54) is 19.1 Å². The molecule has 8 heteroatoms. The average Bonchev–Trinajstić information content (AvgIpc) is 3.09. The van der Waals surface area contributed by atoms with E-state index in [0.717, 1.165) is 16.8 Å². The Bertz CT molecular complexity index is 939. The van der Waals surface area contributed by atoms with Crippen molar-refractivity contribution in [1.82, 2.24) is 20.0 Å². The Morgan fingerprint density at radius 1 is 1.11 bits per heavy atom. The van der Waals surface area contributed by atoms with E-state index in [9.17, 15) is 9.18 Å². The lowest BCUT2D eigenvalue weighted by Gasteiger charge is -2.28. The third-order valence-corrected chi connectivity index (χ3v) is 4.16. The standard InChI is InChI=1S/C18H16FN5O.C2H7N/c1-12(25)23-11-10-21-24-17(14-6-8-20-9-7-14)16(22-18(23)24)13-2-4-15(19)5-3-13;1-3-2/h2-9,21H,10-11H2,1H3;3H,1-2H3. The summed E-state index contributed by atoms with van der Waals surface area (Å²) in [6.07, 6.45) is 3.41. The van der Waals surface area contributed by atoms with Crippen LogP contribution in [-0.2, 0) is 4.79 Å². The normalized spacial score (nSPS) is 12.5. The molecule has 0 atom stereocenters. The first-order valence-corrected chi connectivity index (χ1v) is 8.96. The third kappa shape index (κ3) is 3.86. The molecule has 0 unspecified atom stereocenters. The zero-order valence-corrected chi connectivity index (χ0v) is 16.1. The first-order valence-electron chi connectivity index (χ1n) is 8.96. The van der Waals surface area contributed by atoms with Gasteiger partial charge in [-0.05, 0) is 50.5 Å². The maximum absolute atomic E-state index is 13.3. The van der Waals surface area contributed by atoms with E-state index in [4.69, 9.17) is 4.98 Å². The van der Waals surface area contributed by atoms with E-state index in [-0.39, 0.29) is 11.7 Å². The summed E-state index contributed by atoms with van der Waals surface area (Å²) in [5, 5.41) is 2.75. The molecule has 3 heterocycles. The fraction of sp³-hybridized carbons (Fsp3) is 0.250. The SMILES string of the molecule is CC(=O)N1CCNn2c1nc(-c1ccc(F)cc1)c2-c1ccncc1.CNC. The molecule has 146 valence electrons. The van der Waals surface area contributed by atoms with Crippen molar-refractivity contribution >= 4 is 11.9 Å². The predicted molar refractivity (Wildman–Crippen MR) is 108 cm³/mol. The molecule has 3 aromatic rings. The second kappa shape index (κ2) is 8.62. The quantitative estimate of drug-likeness (QED) is 0.712. The molecule has 0 saturated carbocycles. The molecule has 0 spiro atoms. The van der Waals surface area contributed by atoms with Crippen LogP contribution >= 0.6 is 0 Å². The van der Waals surface area contributed by atoms with Gasteiger partial charge in [0.05, 0.1) is 5.69 Å². The number of carbonyl (C=O) groups excluding carboxylic acids is 1. The first kappa shape index (κ1) is 19.5. The lowest BCUT2D eigenvalue weighted by Crippen LogP contribution is -2.42. The molecule has 0 radical (unpaired) electrons. The lowest BCUT2D eigenvalue weighted by molar-refractivity contribution is -0.116. The summed E-state index contributed by atoms with van der Waals surface area (Å²) < 4.78 is 15.1. The van der Waals surface area contributed by atoms with Crippen molar-refractivity contribution in [3.8, 4) is 22.5 Å². The average molecular weight is 382 g/mol. The van der Waals surface area contributed by atoms with Crippen LogP contribution in [0.15, 0.2) is 48.8 Å². The largest absolute Gasteiger partial charge is 0.323 e. The van der Waals surface area contributed by atoms with Crippen molar-refractivity contribution in [1.29, 1.82) is 0 Å². The maximum atomic E-state index is 13.3. The van der Waals surface area contributed by atoms with Gasteiger partial charge in [-0.1, -0.05) is 0 Å². The highest BCUT2D eigenvalue weighted by Gasteiger charge is 2.28. The molecule has 7 nitrogen and oxygen atoms in total. The van der Waals surface area contributed by atoms with Gasteiger partial charge in [0, 0.05) is 43.5 Å². The van der Waals surface area contributed by atoms with Crippen LogP contribution in [-0.4, -0.2) is 47.7 Å². The number of imidazole rings is 1. The number of hydrogen-bond donors (Lipinski definition) is 2. The number of fused-ring (bicyclic) bond motifs is 1. The highest BCUT2D eigenvalue weighted by atomic mass is 19.1. The summed E-state index contributed by atoms with van der Waals surface area (Å²) in [6.45, 7) is 2.68. The van der Waals surface area contributed by atoms with Gasteiger partial charge in [0.1, 0.15) is 11.5 Å². The summed E-state index contributed by atoms with van der Waals surface area (Å²) in [6, 6.07) is 9.94. The van der Waals surface area contributed by atoms with Gasteiger partial charge in [0.2, 0.25) is 11.9 Å². The lowest BCUT2D eigenvalue weighted by atomic mass is 10.1. The third-order valence-electron chi connectivity index (χ3n) is 4.16. The van der Waals surface area contributed by atoms with Gasteiger partial charge in [0.25, 0.3) is 0 Å². The molecule has 1 aliphatic heterocycles. The number of rotatable bonds is 2. The Hall–Kier alpha value is -3.26. The molecule has 4 rings (SSSR count). The number of pyridine rings is 1. The van der Waals surface area contributed by atoms with Crippen molar-refractivity contribution < 1.29 is 9.18 Å². The van der Waals surface area contributed by atoms with Gasteiger partial charge in [-0.3, -0.25) is 14.7 Å². The Balaban J connectivity index is 0.000000706. The van der Waals surface area contributed by atoms with Crippen molar-refractivity contribution in [3.63, 3.8) is 0 Å². The van der Waals surface area contributed by atoms with E-state index in [1.807, 2.05) is 30.9 Å². The Kier molecular flexibility index (Phi) is 6.00. The molecule has 0 fully saturated rings. The molecule has 0 saturated heterocycles. The number of nitrogens with one attached hydrogen (secondary N) is 2. The van der Waals surface area contributed by atoms with E-state index >= 15 is 0 Å². The van der Waals surface area contributed by atoms with Crippen molar-refractivity contribution in [2.45, 2.75) is 6.92 Å². The van der Waals surface area contributed by atoms with Gasteiger partial charge in [-0.2, -0.15) is 0 Å². The topological polar surface area (TPSA) is 75.1 Å². The van der Waals surface area contributed by atoms with Crippen LogP contribution < -0.4 is 15.6 Å². The van der Waals surface area contributed by atoms with Gasteiger partial charge in [-0.25, -0.2) is 14.1 Å². The number of anilines is 1. The van der Waals surface area contributed by atoms with Crippen molar-refractivity contribution in [2.75, 3.05) is 37.5 Å². The smallest absolute Gasteiger partial charge is 0.232 e. The second-order valence-electron chi connectivity index (χ2n) is 6.27. The number of halogens is 1. The molecule has 1 aromatic carbocycles. The number of amides is 1. The number of benzene rings is 1. The summed E-state index contributed by atoms with van der Waals surface area (Å²) >= 11 is 0. The first-order chi connectivity index (χ1) is 13.6. The van der Waals surface area contributed by atoms with Crippen LogP contribution in [0.25, 0.3) is 22.5 Å². The molecular formula is C20H23FN6O. The van der Waals surface area contributed by atoms with Crippen LogP contribution in [0.4, 0.5) is 10.3 Å². The van der Waals surface area contributed by atoms with Crippen molar-refractivity contribution in [2.24, 2.45) is 0 Å². The fourth-order valence-corrected chi connectivity index (χ4v) is 3.00. The maximum Gasteiger partial charge on any atom is 0.232 e. The van der Waals surface area contributed by atoms with E-state index in [1.54, 1.807) is 29.4 Å². The Morgan fingerprint density at radius 2 is 1.75 bits per heavy atom. The van der Waals surface area contributed by atoms with E-state index in [0.29, 0.717) is 24.7 Å². The Morgan fingerprint density at radius 3 is 2.36 bits per heavy atom. The zero-order chi connectivity index (χ0) is 20.1. The number of carbonyl (C=O) groups is 1. The van der Waals surface area contributed by atoms with E-state index < -0.39 is 0 Å². The number of hydrogen-bond acceptors (Lipinski definition) is 5. The molecule has 1 amide bonds. The van der Waals surface area contributed by atoms with Crippen LogP contribution in [0.2, 0.25) is 0 Å². The predicted octanol–water partition coefficient (Wildman–Crippen LogP) is 2.50. The van der Waals surface area contributed by atoms with Gasteiger partial charge in [-0.15, -0.1) is 0 Å². The number of nitrogens with zero attached hydrogens (tertiary/aromatic N) is 4. The molecule has 2 aromatic heterocycles. The zero-order valence-electron chi connectivity index (χ0n) is 16.1. The highest BCUT2D eigenvalue weighted by Crippen LogP contribution is 2.35. The number of aromatic nitrogens is 3. The summed E-state index contributed by atoms with van der Waals surface area (Å²) in [5.74, 6) is 0.159. The molecule has 0 bridgehead atoms. The van der Waals surface area contributed by atoms with Gasteiger partial charge in [0.15, 0.2) is 0 Å². The van der Waals surface area contributed by atoms with Crippen LogP contribution in [0, 0.1) is 5.82 Å². The summed E-state index contributed by atoms with van der Waals surface area (Å²) in [4.78, 5) is 22.4. The van der Waals surface area contributed by atoms with E-state index in [2.05, 4.69) is 15.7 Å². The molecule has 0 aliphatic carbocycles. The van der Waals surface area contributed by atoms with Crippen LogP contribution in [0.1, 0.15) is 6.92 Å². The van der Waals surface area contributed by atoms with Crippen LogP contribution in [0.5, 0.6) is 0 Å². The Labute approximate surface area is 163 Å². The fourth-order valence-electron chi connectivity index (χ4n) is 3.00. The molecule has 28 heavy (non-hydrogen) atoms. The van der Waals surface area contributed by atoms with Crippen LogP contribution in [0.3, 0.4) is 0 Å². The monoisotopic (exact) mass is 382 g/mol. The minimum absolute atomic E-state index is 0.0697. The minimum Gasteiger partial charge on any atom is -0.323 e. The summed E-state index contributed by atoms with van der Waals surface area (Å²) in [7, 11) is 3.75. The molecule has 2 N–H and O–H groups in total.